The molecule has 3 N–H and O–H groups in total. The zero-order chi connectivity index (χ0) is 21.1. The van der Waals surface area contributed by atoms with Crippen molar-refractivity contribution >= 4 is 5.91 Å². The molecule has 1 amide bonds. The van der Waals surface area contributed by atoms with E-state index in [1.165, 1.54) is 0 Å². The Kier molecular flexibility index (Phi) is 6.43. The van der Waals surface area contributed by atoms with Gasteiger partial charge in [-0.15, -0.1) is 0 Å². The van der Waals surface area contributed by atoms with Gasteiger partial charge in [-0.1, -0.05) is 6.07 Å². The number of carbonyl (C=O) groups is 1. The Morgan fingerprint density at radius 2 is 2.23 bits per heavy atom. The van der Waals surface area contributed by atoms with Crippen LogP contribution in [0, 0.1) is 6.92 Å². The Morgan fingerprint density at radius 1 is 1.37 bits per heavy atom. The Balaban J connectivity index is 1.19. The van der Waals surface area contributed by atoms with Crippen LogP contribution in [0.25, 0.3) is 0 Å². The standard InChI is InChI=1S/C21H29N5O4/c1-13-4-3-5-23-16(13)10-22-11-18-20(28)21-17(30-18)6-15(29-21)7-19(27)24-8-14-9-25-26(2)12-14/h3-5,9,12,15,17-18,20-22,28H,6-8,10-11H2,1-2H3,(H,24,27). The molecule has 9 nitrogen and oxygen atoms in total. The fourth-order valence-electron chi connectivity index (χ4n) is 4.09. The van der Waals surface area contributed by atoms with Gasteiger partial charge in [-0.05, 0) is 18.6 Å². The van der Waals surface area contributed by atoms with Crippen molar-refractivity contribution in [2.75, 3.05) is 6.54 Å². The van der Waals surface area contributed by atoms with Crippen molar-refractivity contribution in [1.29, 1.82) is 0 Å². The van der Waals surface area contributed by atoms with Crippen LogP contribution < -0.4 is 10.6 Å². The molecule has 4 rings (SSSR count). The average Bonchev–Trinajstić information content (AvgIpc) is 3.39. The largest absolute Gasteiger partial charge is 0.388 e. The summed E-state index contributed by atoms with van der Waals surface area (Å²) in [5, 5.41) is 20.9. The summed E-state index contributed by atoms with van der Waals surface area (Å²) in [4.78, 5) is 16.6. The highest BCUT2D eigenvalue weighted by atomic mass is 16.6. The Morgan fingerprint density at radius 3 is 2.97 bits per heavy atom. The zero-order valence-corrected chi connectivity index (χ0v) is 17.3. The van der Waals surface area contributed by atoms with E-state index in [1.54, 1.807) is 17.1 Å². The number of nitrogens with one attached hydrogen (secondary N) is 2. The van der Waals surface area contributed by atoms with Crippen molar-refractivity contribution in [3.05, 3.63) is 47.5 Å². The molecule has 2 aliphatic rings. The first-order valence-corrected chi connectivity index (χ1v) is 10.3. The molecule has 5 atom stereocenters. The molecule has 2 saturated heterocycles. The molecule has 0 saturated carbocycles. The van der Waals surface area contributed by atoms with E-state index in [-0.39, 0.29) is 36.7 Å². The molecule has 5 unspecified atom stereocenters. The summed E-state index contributed by atoms with van der Waals surface area (Å²) in [7, 11) is 1.84. The number of rotatable bonds is 8. The van der Waals surface area contributed by atoms with Gasteiger partial charge >= 0.3 is 0 Å². The highest BCUT2D eigenvalue weighted by Gasteiger charge is 2.50. The minimum atomic E-state index is -0.712. The van der Waals surface area contributed by atoms with Crippen LogP contribution in [0.15, 0.2) is 30.7 Å². The lowest BCUT2D eigenvalue weighted by molar-refractivity contribution is -0.124. The average molecular weight is 415 g/mol. The fourth-order valence-corrected chi connectivity index (χ4v) is 4.09. The summed E-state index contributed by atoms with van der Waals surface area (Å²) in [6.07, 6.45) is 4.38. The van der Waals surface area contributed by atoms with E-state index in [0.29, 0.717) is 26.1 Å². The number of hydrogen-bond acceptors (Lipinski definition) is 7. The van der Waals surface area contributed by atoms with Crippen molar-refractivity contribution in [2.24, 2.45) is 7.05 Å². The van der Waals surface area contributed by atoms with Gasteiger partial charge in [0.2, 0.25) is 5.91 Å². The number of amides is 1. The number of aryl methyl sites for hydroxylation is 2. The van der Waals surface area contributed by atoms with Gasteiger partial charge in [-0.2, -0.15) is 5.10 Å². The van der Waals surface area contributed by atoms with Crippen molar-refractivity contribution in [3.8, 4) is 0 Å². The molecule has 0 spiro atoms. The topological polar surface area (TPSA) is 111 Å². The first-order chi connectivity index (χ1) is 14.5. The molecule has 4 heterocycles. The Hall–Kier alpha value is -2.33. The van der Waals surface area contributed by atoms with Crippen LogP contribution in [0.3, 0.4) is 0 Å². The second-order valence-corrected chi connectivity index (χ2v) is 8.06. The maximum atomic E-state index is 12.2. The number of aliphatic hydroxyl groups is 1. The molecule has 2 fully saturated rings. The fraction of sp³-hybridized carbons (Fsp3) is 0.571. The van der Waals surface area contributed by atoms with Crippen LogP contribution in [-0.2, 0) is 34.4 Å². The SMILES string of the molecule is Cc1cccnc1CNCC1OC2CC(CC(=O)NCc3cnn(C)c3)OC2C1O. The molecular weight excluding hydrogens is 386 g/mol. The molecule has 0 aliphatic carbocycles. The van der Waals surface area contributed by atoms with Gasteiger partial charge in [0, 0.05) is 51.1 Å². The van der Waals surface area contributed by atoms with Gasteiger partial charge in [-0.25, -0.2) is 0 Å². The number of nitrogens with zero attached hydrogens (tertiary/aromatic N) is 3. The number of aliphatic hydroxyl groups excluding tert-OH is 1. The highest BCUT2D eigenvalue weighted by molar-refractivity contribution is 5.76. The second-order valence-electron chi connectivity index (χ2n) is 8.06. The summed E-state index contributed by atoms with van der Waals surface area (Å²) < 4.78 is 13.7. The maximum Gasteiger partial charge on any atom is 0.222 e. The van der Waals surface area contributed by atoms with E-state index in [1.807, 2.05) is 32.3 Å². The first-order valence-electron chi connectivity index (χ1n) is 10.3. The maximum absolute atomic E-state index is 12.2. The summed E-state index contributed by atoms with van der Waals surface area (Å²) in [6.45, 7) is 3.60. The van der Waals surface area contributed by atoms with Gasteiger partial charge in [-0.3, -0.25) is 14.5 Å². The third kappa shape index (κ3) is 4.86. The normalized spacial score (nSPS) is 27.9. The molecule has 9 heteroatoms. The van der Waals surface area contributed by atoms with Crippen LogP contribution in [0.2, 0.25) is 0 Å². The third-order valence-electron chi connectivity index (χ3n) is 5.70. The quantitative estimate of drug-likeness (QED) is 0.565. The minimum absolute atomic E-state index is 0.0812. The molecular formula is C21H29N5O4. The van der Waals surface area contributed by atoms with E-state index >= 15 is 0 Å². The molecule has 30 heavy (non-hydrogen) atoms. The van der Waals surface area contributed by atoms with Gasteiger partial charge < -0.3 is 25.2 Å². The molecule has 2 aliphatic heterocycles. The van der Waals surface area contributed by atoms with Crippen molar-refractivity contribution in [2.45, 2.75) is 63.4 Å². The molecule has 0 radical (unpaired) electrons. The van der Waals surface area contributed by atoms with Crippen LogP contribution in [-0.4, -0.2) is 62.8 Å². The van der Waals surface area contributed by atoms with E-state index in [0.717, 1.165) is 16.8 Å². The Labute approximate surface area is 175 Å². The van der Waals surface area contributed by atoms with Crippen molar-refractivity contribution < 1.29 is 19.4 Å². The van der Waals surface area contributed by atoms with Crippen LogP contribution >= 0.6 is 0 Å². The van der Waals surface area contributed by atoms with E-state index in [4.69, 9.17) is 9.47 Å². The van der Waals surface area contributed by atoms with E-state index in [2.05, 4.69) is 20.7 Å². The lowest BCUT2D eigenvalue weighted by atomic mass is 10.1. The molecule has 2 aromatic rings. The molecule has 162 valence electrons. The number of pyridine rings is 1. The number of hydrogen-bond donors (Lipinski definition) is 3. The van der Waals surface area contributed by atoms with Gasteiger partial charge in [0.25, 0.3) is 0 Å². The van der Waals surface area contributed by atoms with Crippen LogP contribution in [0.1, 0.15) is 29.7 Å². The van der Waals surface area contributed by atoms with E-state index in [9.17, 15) is 9.90 Å². The number of aromatic nitrogens is 3. The summed E-state index contributed by atoms with van der Waals surface area (Å²) in [5.74, 6) is -0.0812. The van der Waals surface area contributed by atoms with Gasteiger partial charge in [0.05, 0.1) is 36.6 Å². The summed E-state index contributed by atoms with van der Waals surface area (Å²) in [6, 6.07) is 3.94. The molecule has 2 aromatic heterocycles. The van der Waals surface area contributed by atoms with Crippen molar-refractivity contribution in [1.82, 2.24) is 25.4 Å². The second kappa shape index (κ2) is 9.22. The van der Waals surface area contributed by atoms with Gasteiger partial charge in [0.15, 0.2) is 0 Å². The summed E-state index contributed by atoms with van der Waals surface area (Å²) in [5.41, 5.74) is 3.06. The summed E-state index contributed by atoms with van der Waals surface area (Å²) >= 11 is 0. The lowest BCUT2D eigenvalue weighted by Gasteiger charge is -2.20. The Bertz CT molecular complexity index is 873. The predicted octanol–water partition coefficient (Wildman–Crippen LogP) is 0.205. The molecule has 0 bridgehead atoms. The van der Waals surface area contributed by atoms with Gasteiger partial charge in [0.1, 0.15) is 12.2 Å². The highest BCUT2D eigenvalue weighted by Crippen LogP contribution is 2.35. The lowest BCUT2D eigenvalue weighted by Crippen LogP contribution is -2.39. The molecule has 0 aromatic carbocycles. The van der Waals surface area contributed by atoms with E-state index < -0.39 is 6.10 Å². The van der Waals surface area contributed by atoms with Crippen LogP contribution in [0.4, 0.5) is 0 Å². The zero-order valence-electron chi connectivity index (χ0n) is 17.3. The first kappa shape index (κ1) is 20.9. The third-order valence-corrected chi connectivity index (χ3v) is 5.70. The van der Waals surface area contributed by atoms with Crippen molar-refractivity contribution in [3.63, 3.8) is 0 Å². The predicted molar refractivity (Wildman–Crippen MR) is 108 cm³/mol. The monoisotopic (exact) mass is 415 g/mol. The number of ether oxygens (including phenoxy) is 2. The van der Waals surface area contributed by atoms with Crippen LogP contribution in [0.5, 0.6) is 0 Å². The number of carbonyl (C=O) groups excluding carboxylic acids is 1. The number of fused-ring (bicyclic) bond motifs is 1. The smallest absolute Gasteiger partial charge is 0.222 e. The minimum Gasteiger partial charge on any atom is -0.388 e.